The molecule has 7 heteroatoms. The number of thiocarbonyl (C=S) groups is 1. The lowest BCUT2D eigenvalue weighted by Gasteiger charge is -2.08. The molecule has 0 atom stereocenters. The van der Waals surface area contributed by atoms with Crippen molar-refractivity contribution in [2.75, 3.05) is 11.9 Å². The summed E-state index contributed by atoms with van der Waals surface area (Å²) < 4.78 is 4.88. The SMILES string of the molecule is NC(=S)c1cccnc1NCCc1ncno1. The quantitative estimate of drug-likeness (QED) is 0.756. The summed E-state index contributed by atoms with van der Waals surface area (Å²) in [6, 6.07) is 3.61. The Bertz CT molecular complexity index is 499. The molecular weight excluding hydrogens is 238 g/mol. The van der Waals surface area contributed by atoms with Gasteiger partial charge in [-0.1, -0.05) is 17.4 Å². The Labute approximate surface area is 103 Å². The molecule has 6 nitrogen and oxygen atoms in total. The van der Waals surface area contributed by atoms with Gasteiger partial charge in [0.2, 0.25) is 5.89 Å². The zero-order chi connectivity index (χ0) is 12.1. The van der Waals surface area contributed by atoms with Crippen LogP contribution in [0.3, 0.4) is 0 Å². The Kier molecular flexibility index (Phi) is 3.61. The molecule has 88 valence electrons. The van der Waals surface area contributed by atoms with Crippen molar-refractivity contribution in [3.05, 3.63) is 36.1 Å². The number of hydrogen-bond donors (Lipinski definition) is 2. The van der Waals surface area contributed by atoms with E-state index in [4.69, 9.17) is 22.5 Å². The lowest BCUT2D eigenvalue weighted by molar-refractivity contribution is 0.379. The number of rotatable bonds is 5. The maximum atomic E-state index is 5.59. The Balaban J connectivity index is 1.97. The molecule has 0 bridgehead atoms. The number of nitrogens with one attached hydrogen (secondary N) is 1. The van der Waals surface area contributed by atoms with E-state index in [1.807, 2.05) is 6.07 Å². The van der Waals surface area contributed by atoms with Crippen LogP contribution in [0.1, 0.15) is 11.5 Å². The summed E-state index contributed by atoms with van der Waals surface area (Å²) in [6.45, 7) is 0.620. The summed E-state index contributed by atoms with van der Waals surface area (Å²) in [5.41, 5.74) is 6.32. The molecule has 0 fully saturated rings. The van der Waals surface area contributed by atoms with E-state index in [1.165, 1.54) is 6.33 Å². The highest BCUT2D eigenvalue weighted by Gasteiger charge is 2.05. The van der Waals surface area contributed by atoms with Crippen molar-refractivity contribution in [3.8, 4) is 0 Å². The molecule has 0 unspecified atom stereocenters. The van der Waals surface area contributed by atoms with Crippen LogP contribution in [0.2, 0.25) is 0 Å². The highest BCUT2D eigenvalue weighted by molar-refractivity contribution is 7.80. The van der Waals surface area contributed by atoms with Crippen LogP contribution in [0.25, 0.3) is 0 Å². The average molecular weight is 249 g/mol. The number of nitrogens with zero attached hydrogens (tertiary/aromatic N) is 3. The predicted molar refractivity (Wildman–Crippen MR) is 66.6 cm³/mol. The minimum atomic E-state index is 0.318. The van der Waals surface area contributed by atoms with Crippen molar-refractivity contribution >= 4 is 23.0 Å². The van der Waals surface area contributed by atoms with E-state index >= 15 is 0 Å². The van der Waals surface area contributed by atoms with Crippen molar-refractivity contribution in [2.45, 2.75) is 6.42 Å². The summed E-state index contributed by atoms with van der Waals surface area (Å²) in [6.07, 6.45) is 3.67. The summed E-state index contributed by atoms with van der Waals surface area (Å²) >= 11 is 4.94. The molecular formula is C10H11N5OS. The first-order chi connectivity index (χ1) is 8.27. The van der Waals surface area contributed by atoms with Crippen LogP contribution in [0.5, 0.6) is 0 Å². The number of aromatic nitrogens is 3. The van der Waals surface area contributed by atoms with Gasteiger partial charge in [0, 0.05) is 19.2 Å². The molecule has 0 radical (unpaired) electrons. The second-order valence-electron chi connectivity index (χ2n) is 3.28. The maximum absolute atomic E-state index is 5.59. The van der Waals surface area contributed by atoms with Crippen LogP contribution in [-0.2, 0) is 6.42 Å². The van der Waals surface area contributed by atoms with Gasteiger partial charge >= 0.3 is 0 Å². The molecule has 17 heavy (non-hydrogen) atoms. The van der Waals surface area contributed by atoms with E-state index in [1.54, 1.807) is 12.3 Å². The van der Waals surface area contributed by atoms with Crippen molar-refractivity contribution in [1.29, 1.82) is 0 Å². The minimum absolute atomic E-state index is 0.318. The Hall–Kier alpha value is -2.02. The molecule has 0 saturated carbocycles. The molecule has 3 N–H and O–H groups in total. The van der Waals surface area contributed by atoms with Gasteiger partial charge < -0.3 is 15.6 Å². The fourth-order valence-electron chi connectivity index (χ4n) is 1.34. The lowest BCUT2D eigenvalue weighted by Crippen LogP contribution is -2.15. The third kappa shape index (κ3) is 2.97. The first-order valence-corrected chi connectivity index (χ1v) is 5.42. The van der Waals surface area contributed by atoms with Gasteiger partial charge in [0.1, 0.15) is 10.8 Å². The molecule has 0 aliphatic rings. The lowest BCUT2D eigenvalue weighted by atomic mass is 10.2. The van der Waals surface area contributed by atoms with Gasteiger partial charge in [0.15, 0.2) is 6.33 Å². The molecule has 0 aliphatic carbocycles. The second kappa shape index (κ2) is 5.35. The summed E-state index contributed by atoms with van der Waals surface area (Å²) in [5, 5.41) is 6.65. The third-order valence-electron chi connectivity index (χ3n) is 2.11. The molecule has 2 aromatic heterocycles. The van der Waals surface area contributed by atoms with Crippen LogP contribution in [0.15, 0.2) is 29.2 Å². The second-order valence-corrected chi connectivity index (χ2v) is 3.72. The standard InChI is InChI=1S/C10H11N5OS/c11-9(17)7-2-1-4-12-10(7)13-5-3-8-14-6-15-16-8/h1-2,4,6H,3,5H2,(H2,11,17)(H,12,13). The molecule has 2 rings (SSSR count). The normalized spacial score (nSPS) is 10.1. The van der Waals surface area contributed by atoms with Crippen molar-refractivity contribution in [1.82, 2.24) is 15.1 Å². The fourth-order valence-corrected chi connectivity index (χ4v) is 1.50. The molecule has 0 saturated heterocycles. The van der Waals surface area contributed by atoms with Gasteiger partial charge in [-0.3, -0.25) is 0 Å². The highest BCUT2D eigenvalue weighted by Crippen LogP contribution is 2.10. The number of nitrogens with two attached hydrogens (primary N) is 1. The molecule has 0 spiro atoms. The zero-order valence-corrected chi connectivity index (χ0v) is 9.78. The Morgan fingerprint density at radius 2 is 2.35 bits per heavy atom. The number of pyridine rings is 1. The average Bonchev–Trinajstić information content (AvgIpc) is 2.82. The zero-order valence-electron chi connectivity index (χ0n) is 8.96. The van der Waals surface area contributed by atoms with Gasteiger partial charge in [-0.2, -0.15) is 4.98 Å². The summed E-state index contributed by atoms with van der Waals surface area (Å²) in [5.74, 6) is 1.24. The van der Waals surface area contributed by atoms with Crippen LogP contribution >= 0.6 is 12.2 Å². The van der Waals surface area contributed by atoms with Gasteiger partial charge in [-0.15, -0.1) is 0 Å². The van der Waals surface area contributed by atoms with Gasteiger partial charge in [-0.05, 0) is 12.1 Å². The number of anilines is 1. The van der Waals surface area contributed by atoms with Crippen LogP contribution in [-0.4, -0.2) is 26.7 Å². The Morgan fingerprint density at radius 1 is 1.47 bits per heavy atom. The Morgan fingerprint density at radius 3 is 3.06 bits per heavy atom. The van der Waals surface area contributed by atoms with Crippen molar-refractivity contribution < 1.29 is 4.52 Å². The predicted octanol–water partition coefficient (Wildman–Crippen LogP) is 0.753. The minimum Gasteiger partial charge on any atom is -0.389 e. The van der Waals surface area contributed by atoms with Gasteiger partial charge in [-0.25, -0.2) is 4.98 Å². The monoisotopic (exact) mass is 249 g/mol. The van der Waals surface area contributed by atoms with Crippen LogP contribution < -0.4 is 11.1 Å². The summed E-state index contributed by atoms with van der Waals surface area (Å²) in [4.78, 5) is 8.41. The first kappa shape index (κ1) is 11.5. The van der Waals surface area contributed by atoms with E-state index in [-0.39, 0.29) is 0 Å². The van der Waals surface area contributed by atoms with Gasteiger partial charge in [0.05, 0.1) is 5.56 Å². The topological polar surface area (TPSA) is 89.9 Å². The van der Waals surface area contributed by atoms with Gasteiger partial charge in [0.25, 0.3) is 0 Å². The maximum Gasteiger partial charge on any atom is 0.228 e. The third-order valence-corrected chi connectivity index (χ3v) is 2.33. The highest BCUT2D eigenvalue weighted by atomic mass is 32.1. The fraction of sp³-hybridized carbons (Fsp3) is 0.200. The molecule has 0 aliphatic heterocycles. The van der Waals surface area contributed by atoms with E-state index in [0.29, 0.717) is 29.7 Å². The van der Waals surface area contributed by atoms with Crippen LogP contribution in [0, 0.1) is 0 Å². The number of hydrogen-bond acceptors (Lipinski definition) is 6. The van der Waals surface area contributed by atoms with E-state index in [2.05, 4.69) is 20.4 Å². The van der Waals surface area contributed by atoms with E-state index in [9.17, 15) is 0 Å². The van der Waals surface area contributed by atoms with Crippen molar-refractivity contribution in [3.63, 3.8) is 0 Å². The van der Waals surface area contributed by atoms with E-state index in [0.717, 1.165) is 5.56 Å². The molecule has 2 aromatic rings. The van der Waals surface area contributed by atoms with Crippen LogP contribution in [0.4, 0.5) is 5.82 Å². The molecule has 2 heterocycles. The largest absolute Gasteiger partial charge is 0.389 e. The smallest absolute Gasteiger partial charge is 0.228 e. The van der Waals surface area contributed by atoms with Crippen molar-refractivity contribution in [2.24, 2.45) is 5.73 Å². The van der Waals surface area contributed by atoms with E-state index < -0.39 is 0 Å². The summed E-state index contributed by atoms with van der Waals surface area (Å²) in [7, 11) is 0. The molecule has 0 aromatic carbocycles. The molecule has 0 amide bonds. The first-order valence-electron chi connectivity index (χ1n) is 5.01.